The second-order valence-corrected chi connectivity index (χ2v) is 34.8. The van der Waals surface area contributed by atoms with E-state index in [2.05, 4.69) is 303 Å². The van der Waals surface area contributed by atoms with Crippen molar-refractivity contribution in [2.75, 3.05) is 0 Å². The van der Waals surface area contributed by atoms with Crippen molar-refractivity contribution >= 4 is 124 Å². The van der Waals surface area contributed by atoms with Gasteiger partial charge in [0.15, 0.2) is 0 Å². The van der Waals surface area contributed by atoms with Gasteiger partial charge in [0.05, 0.1) is 0 Å². The molecule has 0 aliphatic heterocycles. The minimum atomic E-state index is -2.69. The van der Waals surface area contributed by atoms with E-state index in [0.29, 0.717) is 0 Å². The number of rotatable bonds is 15. The van der Waals surface area contributed by atoms with Crippen molar-refractivity contribution in [1.82, 2.24) is 0 Å². The zero-order valence-corrected chi connectivity index (χ0v) is 46.1. The summed E-state index contributed by atoms with van der Waals surface area (Å²) in [6, 6.07) is 92.6. The van der Waals surface area contributed by atoms with Crippen molar-refractivity contribution in [3.8, 4) is 11.1 Å². The molecule has 0 fully saturated rings. The molecule has 0 nitrogen and oxygen atoms in total. The van der Waals surface area contributed by atoms with E-state index in [1.165, 1.54) is 0 Å². The lowest BCUT2D eigenvalue weighted by atomic mass is 10.0. The van der Waals surface area contributed by atoms with Crippen LogP contribution in [-0.2, 0) is 47.2 Å². The van der Waals surface area contributed by atoms with Crippen LogP contribution in [0.1, 0.15) is 11.1 Å². The topological polar surface area (TPSA) is 0 Å². The van der Waals surface area contributed by atoms with E-state index in [1.54, 1.807) is 0 Å². The first-order valence-electron chi connectivity index (χ1n) is 23.7. The van der Waals surface area contributed by atoms with Gasteiger partial charge < -0.3 is 0 Å². The monoisotopic (exact) mass is 1070 g/mol. The average Bonchev–Trinajstić information content (AvgIpc) is 3.47. The molecule has 0 unspecified atom stereocenters. The fourth-order valence-electron chi connectivity index (χ4n) is 9.29. The first-order valence-corrected chi connectivity index (χ1v) is 35.1. The van der Waals surface area contributed by atoms with Crippen molar-refractivity contribution in [2.24, 2.45) is 0 Å². The molecule has 0 N–H and O–H groups in total. The van der Waals surface area contributed by atoms with Gasteiger partial charge in [-0.15, -0.1) is 0 Å². The summed E-state index contributed by atoms with van der Waals surface area (Å²) in [5, 5.41) is 11.2. The molecular weight excluding hydrogens is 1020 g/mol. The Balaban J connectivity index is 1.14. The van der Waals surface area contributed by atoms with Gasteiger partial charge in [-0.25, -0.2) is 0 Å². The van der Waals surface area contributed by atoms with Crippen LogP contribution < -0.4 is 42.4 Å². The highest BCUT2D eigenvalue weighted by molar-refractivity contribution is 8.29. The zero-order valence-electron chi connectivity index (χ0n) is 39.3. The van der Waals surface area contributed by atoms with Gasteiger partial charge in [0, 0.05) is 34.8 Å². The van der Waals surface area contributed by atoms with Gasteiger partial charge in [-0.05, 0) is 76.3 Å². The predicted octanol–water partition coefficient (Wildman–Crippen LogP) is 14.5. The van der Waals surface area contributed by atoms with E-state index in [4.69, 9.17) is 47.2 Å². The zero-order chi connectivity index (χ0) is 49.4. The highest BCUT2D eigenvalue weighted by Crippen LogP contribution is 2.63. The molecule has 72 heavy (non-hydrogen) atoms. The molecule has 0 aliphatic rings. The van der Waals surface area contributed by atoms with Crippen molar-refractivity contribution in [3.05, 3.63) is 314 Å². The highest BCUT2D eigenvalue weighted by atomic mass is 32.5. The SMILES string of the molecule is S=P(/C=C(/c1ccc(-c2ccc(/C(=C/P(=S)(c3ccccc3)c3ccccc3)P(=S)(c3ccccc3)c3ccccc3)cc2)cc1)P(=S)(c1ccccc1)c1ccccc1)(c1ccccc1)c1ccccc1. The van der Waals surface area contributed by atoms with Gasteiger partial charge >= 0.3 is 0 Å². The molecule has 10 rings (SSSR count). The van der Waals surface area contributed by atoms with Crippen LogP contribution in [0, 0.1) is 0 Å². The third-order valence-electron chi connectivity index (χ3n) is 13.0. The summed E-state index contributed by atoms with van der Waals surface area (Å²) >= 11 is 28.3. The summed E-state index contributed by atoms with van der Waals surface area (Å²) in [7, 11) is 0. The van der Waals surface area contributed by atoms with E-state index in [1.807, 2.05) is 0 Å². The molecule has 0 bridgehead atoms. The lowest BCUT2D eigenvalue weighted by Crippen LogP contribution is -2.19. The molecule has 0 saturated carbocycles. The molecule has 0 radical (unpaired) electrons. The maximum Gasteiger partial charge on any atom is 0.0386 e. The summed E-state index contributed by atoms with van der Waals surface area (Å²) in [5.41, 5.74) is 4.32. The summed E-state index contributed by atoms with van der Waals surface area (Å²) in [4.78, 5) is 0. The first kappa shape index (κ1) is 49.8. The van der Waals surface area contributed by atoms with Crippen LogP contribution in [0.4, 0.5) is 0 Å². The molecule has 0 aromatic heterocycles. The Bertz CT molecular complexity index is 3260. The van der Waals surface area contributed by atoms with Gasteiger partial charge in [-0.2, -0.15) is 0 Å². The van der Waals surface area contributed by atoms with Crippen molar-refractivity contribution < 1.29 is 0 Å². The van der Waals surface area contributed by atoms with Crippen LogP contribution in [0.2, 0.25) is 0 Å². The normalized spacial score (nSPS) is 12.6. The fourth-order valence-corrected chi connectivity index (χ4v) is 26.9. The molecule has 0 saturated heterocycles. The summed E-state index contributed by atoms with van der Waals surface area (Å²) in [6.07, 6.45) is 0. The Labute approximate surface area is 446 Å². The number of hydrogen-bond acceptors (Lipinski definition) is 4. The van der Waals surface area contributed by atoms with E-state index in [-0.39, 0.29) is 0 Å². The molecule has 8 heteroatoms. The number of benzene rings is 10. The minimum absolute atomic E-state index is 1.07. The van der Waals surface area contributed by atoms with Crippen LogP contribution in [0.3, 0.4) is 0 Å². The van der Waals surface area contributed by atoms with Crippen LogP contribution >= 0.6 is 24.2 Å². The van der Waals surface area contributed by atoms with Crippen LogP contribution in [0.5, 0.6) is 0 Å². The Hall–Kier alpha value is -5.72. The standard InChI is InChI=1S/C64H50P4S4/c69-65(55-25-9-1-10-26-55,56-27-11-2-12-28-56)49-63(67(71,59-33-17-5-18-34-59)60-35-19-6-20-36-60)53-45-41-51(42-46-53)52-43-47-54(48-44-52)64(68(72,61-37-21-7-22-38-61)62-39-23-8-24-40-62)50-66(70,57-29-13-3-14-30-57)58-31-15-4-16-32-58/h1-50H/b63-49-,64-50-. The largest absolute Gasteiger partial charge is 0.0832 e. The van der Waals surface area contributed by atoms with E-state index < -0.39 is 24.2 Å². The summed E-state index contributed by atoms with van der Waals surface area (Å²) in [5.74, 6) is 4.81. The van der Waals surface area contributed by atoms with Gasteiger partial charge in [-0.1, -0.05) is 338 Å². The Morgan fingerprint density at radius 2 is 0.403 bits per heavy atom. The first-order chi connectivity index (χ1) is 35.2. The smallest absolute Gasteiger partial charge is 0.0386 e. The minimum Gasteiger partial charge on any atom is -0.0832 e. The maximum absolute atomic E-state index is 7.17. The third-order valence-corrected chi connectivity index (χ3v) is 32.0. The molecule has 10 aromatic rings. The summed E-state index contributed by atoms with van der Waals surface area (Å²) < 4.78 is 0. The van der Waals surface area contributed by atoms with E-state index in [0.717, 1.165) is 75.3 Å². The van der Waals surface area contributed by atoms with Crippen molar-refractivity contribution in [1.29, 1.82) is 0 Å². The fraction of sp³-hybridized carbons (Fsp3) is 0. The van der Waals surface area contributed by atoms with Crippen molar-refractivity contribution in [2.45, 2.75) is 0 Å². The molecule has 350 valence electrons. The van der Waals surface area contributed by atoms with Gasteiger partial charge in [0.1, 0.15) is 0 Å². The Morgan fingerprint density at radius 1 is 0.222 bits per heavy atom. The third kappa shape index (κ3) is 10.0. The van der Waals surface area contributed by atoms with Gasteiger partial charge in [0.2, 0.25) is 0 Å². The second kappa shape index (κ2) is 22.2. The molecule has 0 atom stereocenters. The average molecular weight is 1070 g/mol. The van der Waals surface area contributed by atoms with Crippen LogP contribution in [-0.4, -0.2) is 0 Å². The molecule has 0 aliphatic carbocycles. The molecule has 0 spiro atoms. The molecule has 0 amide bonds. The Kier molecular flexibility index (Phi) is 15.4. The molecule has 10 aromatic carbocycles. The number of hydrogen-bond donors (Lipinski definition) is 0. The lowest BCUT2D eigenvalue weighted by Gasteiger charge is -2.30. The van der Waals surface area contributed by atoms with Crippen LogP contribution in [0.25, 0.3) is 21.8 Å². The van der Waals surface area contributed by atoms with Gasteiger partial charge in [0.25, 0.3) is 0 Å². The van der Waals surface area contributed by atoms with E-state index in [9.17, 15) is 0 Å². The molecular formula is C64H50P4S4. The second-order valence-electron chi connectivity index (χ2n) is 17.4. The summed E-state index contributed by atoms with van der Waals surface area (Å²) in [6.45, 7) is 0. The lowest BCUT2D eigenvalue weighted by molar-refractivity contribution is 1.58. The highest BCUT2D eigenvalue weighted by Gasteiger charge is 2.34. The van der Waals surface area contributed by atoms with Crippen LogP contribution in [0.15, 0.2) is 303 Å². The predicted molar refractivity (Wildman–Crippen MR) is 334 cm³/mol. The van der Waals surface area contributed by atoms with E-state index >= 15 is 0 Å². The van der Waals surface area contributed by atoms with Crippen molar-refractivity contribution in [3.63, 3.8) is 0 Å². The molecule has 0 heterocycles. The quantitative estimate of drug-likeness (QED) is 0.0938. The van der Waals surface area contributed by atoms with Gasteiger partial charge in [-0.3, -0.25) is 0 Å². The maximum atomic E-state index is 7.17. The Morgan fingerprint density at radius 3 is 0.597 bits per heavy atom.